The Morgan fingerprint density at radius 3 is 2.45 bits per heavy atom. The van der Waals surface area contributed by atoms with E-state index in [0.29, 0.717) is 5.41 Å². The first kappa shape index (κ1) is 8.57. The normalized spacial score (nSPS) is 24.9. The first-order valence-corrected chi connectivity index (χ1v) is 4.35. The van der Waals surface area contributed by atoms with Crippen LogP contribution in [0.15, 0.2) is 5.10 Å². The van der Waals surface area contributed by atoms with Crippen molar-refractivity contribution in [3.05, 3.63) is 0 Å². The lowest BCUT2D eigenvalue weighted by atomic mass is 9.70. The second-order valence-corrected chi connectivity index (χ2v) is 3.90. The SMILES string of the molecule is CCN(C)/N=C1/CCC1(C)C. The molecule has 0 aliphatic heterocycles. The molecule has 0 N–H and O–H groups in total. The maximum Gasteiger partial charge on any atom is 0.0437 e. The summed E-state index contributed by atoms with van der Waals surface area (Å²) in [5.74, 6) is 0. The molecule has 1 aliphatic carbocycles. The molecule has 1 saturated carbocycles. The van der Waals surface area contributed by atoms with E-state index in [-0.39, 0.29) is 0 Å². The number of rotatable bonds is 2. The Morgan fingerprint density at radius 2 is 2.18 bits per heavy atom. The number of hydrogen-bond acceptors (Lipinski definition) is 2. The summed E-state index contributed by atoms with van der Waals surface area (Å²) < 4.78 is 0. The van der Waals surface area contributed by atoms with Crippen molar-refractivity contribution >= 4 is 5.71 Å². The van der Waals surface area contributed by atoms with Gasteiger partial charge in [-0.25, -0.2) is 0 Å². The summed E-state index contributed by atoms with van der Waals surface area (Å²) in [5, 5.41) is 6.51. The standard InChI is InChI=1S/C9H18N2/c1-5-11(4)10-8-6-7-9(8,2)3/h5-7H2,1-4H3/b10-8-. The van der Waals surface area contributed by atoms with Crippen molar-refractivity contribution in [2.24, 2.45) is 10.5 Å². The van der Waals surface area contributed by atoms with E-state index in [1.165, 1.54) is 18.6 Å². The van der Waals surface area contributed by atoms with Gasteiger partial charge in [0.05, 0.1) is 0 Å². The van der Waals surface area contributed by atoms with Crippen molar-refractivity contribution in [2.75, 3.05) is 13.6 Å². The van der Waals surface area contributed by atoms with Gasteiger partial charge in [0, 0.05) is 24.7 Å². The summed E-state index contributed by atoms with van der Waals surface area (Å²) in [4.78, 5) is 0. The van der Waals surface area contributed by atoms with Gasteiger partial charge in [-0.15, -0.1) is 0 Å². The van der Waals surface area contributed by atoms with Gasteiger partial charge in [0.1, 0.15) is 0 Å². The molecule has 0 amide bonds. The molecule has 0 aromatic heterocycles. The van der Waals surface area contributed by atoms with Crippen LogP contribution in [-0.4, -0.2) is 24.3 Å². The average molecular weight is 154 g/mol. The molecular weight excluding hydrogens is 136 g/mol. The third kappa shape index (κ3) is 1.73. The van der Waals surface area contributed by atoms with E-state index >= 15 is 0 Å². The third-order valence-electron chi connectivity index (χ3n) is 2.52. The predicted molar refractivity (Wildman–Crippen MR) is 48.8 cm³/mol. The first-order valence-electron chi connectivity index (χ1n) is 4.35. The highest BCUT2D eigenvalue weighted by Crippen LogP contribution is 2.36. The topological polar surface area (TPSA) is 15.6 Å². The summed E-state index contributed by atoms with van der Waals surface area (Å²) in [6.45, 7) is 7.65. The quantitative estimate of drug-likeness (QED) is 0.556. The van der Waals surface area contributed by atoms with Crippen LogP contribution >= 0.6 is 0 Å². The van der Waals surface area contributed by atoms with Gasteiger partial charge in [0.2, 0.25) is 0 Å². The molecule has 0 heterocycles. The van der Waals surface area contributed by atoms with Crippen LogP contribution in [0.1, 0.15) is 33.6 Å². The number of nitrogens with zero attached hydrogens (tertiary/aromatic N) is 2. The van der Waals surface area contributed by atoms with Gasteiger partial charge in [-0.2, -0.15) is 5.10 Å². The van der Waals surface area contributed by atoms with Crippen LogP contribution in [0.5, 0.6) is 0 Å². The van der Waals surface area contributed by atoms with Crippen molar-refractivity contribution in [1.29, 1.82) is 0 Å². The van der Waals surface area contributed by atoms with Crippen molar-refractivity contribution in [1.82, 2.24) is 5.01 Å². The van der Waals surface area contributed by atoms with Crippen LogP contribution < -0.4 is 0 Å². The molecule has 0 unspecified atom stereocenters. The summed E-state index contributed by atoms with van der Waals surface area (Å²) in [6.07, 6.45) is 2.49. The highest BCUT2D eigenvalue weighted by Gasteiger charge is 2.34. The first-order chi connectivity index (χ1) is 5.06. The Kier molecular flexibility index (Phi) is 2.21. The minimum Gasteiger partial charge on any atom is -0.300 e. The van der Waals surface area contributed by atoms with Gasteiger partial charge in [-0.05, 0) is 19.8 Å². The lowest BCUT2D eigenvalue weighted by molar-refractivity contribution is 0.336. The minimum atomic E-state index is 0.378. The summed E-state index contributed by atoms with van der Waals surface area (Å²) in [7, 11) is 2.03. The van der Waals surface area contributed by atoms with Crippen LogP contribution in [0.3, 0.4) is 0 Å². The van der Waals surface area contributed by atoms with Gasteiger partial charge in [-0.1, -0.05) is 13.8 Å². The van der Waals surface area contributed by atoms with Crippen LogP contribution in [0.2, 0.25) is 0 Å². The van der Waals surface area contributed by atoms with Gasteiger partial charge in [-0.3, -0.25) is 0 Å². The smallest absolute Gasteiger partial charge is 0.0437 e. The van der Waals surface area contributed by atoms with Crippen molar-refractivity contribution in [2.45, 2.75) is 33.6 Å². The molecule has 64 valence electrons. The molecule has 0 bridgehead atoms. The lowest BCUT2D eigenvalue weighted by Gasteiger charge is -2.37. The highest BCUT2D eigenvalue weighted by molar-refractivity contribution is 5.94. The number of hydrazone groups is 1. The van der Waals surface area contributed by atoms with Gasteiger partial charge >= 0.3 is 0 Å². The zero-order valence-corrected chi connectivity index (χ0v) is 8.02. The Balaban J connectivity index is 2.54. The van der Waals surface area contributed by atoms with Crippen molar-refractivity contribution < 1.29 is 0 Å². The fraction of sp³-hybridized carbons (Fsp3) is 0.889. The van der Waals surface area contributed by atoms with E-state index in [9.17, 15) is 0 Å². The number of hydrogen-bond donors (Lipinski definition) is 0. The molecule has 0 aromatic carbocycles. The molecule has 11 heavy (non-hydrogen) atoms. The zero-order valence-electron chi connectivity index (χ0n) is 8.02. The van der Waals surface area contributed by atoms with Crippen LogP contribution in [0, 0.1) is 5.41 Å². The molecular formula is C9H18N2. The maximum atomic E-state index is 4.50. The van der Waals surface area contributed by atoms with E-state index in [4.69, 9.17) is 0 Å². The highest BCUT2D eigenvalue weighted by atomic mass is 15.4. The Hall–Kier alpha value is -0.530. The van der Waals surface area contributed by atoms with Crippen molar-refractivity contribution in [3.8, 4) is 0 Å². The summed E-state index contributed by atoms with van der Waals surface area (Å²) in [6, 6.07) is 0. The van der Waals surface area contributed by atoms with Gasteiger partial charge in [0.25, 0.3) is 0 Å². The molecule has 1 fully saturated rings. The molecule has 2 nitrogen and oxygen atoms in total. The zero-order chi connectivity index (χ0) is 8.48. The van der Waals surface area contributed by atoms with Gasteiger partial charge in [0.15, 0.2) is 0 Å². The van der Waals surface area contributed by atoms with Crippen molar-refractivity contribution in [3.63, 3.8) is 0 Å². The minimum absolute atomic E-state index is 0.378. The summed E-state index contributed by atoms with van der Waals surface area (Å²) in [5.41, 5.74) is 1.74. The molecule has 1 aliphatic rings. The fourth-order valence-corrected chi connectivity index (χ4v) is 1.20. The molecule has 1 rings (SSSR count). The van der Waals surface area contributed by atoms with E-state index < -0.39 is 0 Å². The van der Waals surface area contributed by atoms with Gasteiger partial charge < -0.3 is 5.01 Å². The predicted octanol–water partition coefficient (Wildman–Crippen LogP) is 2.11. The fourth-order valence-electron chi connectivity index (χ4n) is 1.20. The van der Waals surface area contributed by atoms with E-state index in [1.807, 2.05) is 12.1 Å². The summed E-state index contributed by atoms with van der Waals surface area (Å²) >= 11 is 0. The van der Waals surface area contributed by atoms with Crippen LogP contribution in [0.25, 0.3) is 0 Å². The molecule has 0 radical (unpaired) electrons. The Bertz CT molecular complexity index is 170. The Morgan fingerprint density at radius 1 is 1.55 bits per heavy atom. The monoisotopic (exact) mass is 154 g/mol. The second kappa shape index (κ2) is 2.84. The van der Waals surface area contributed by atoms with Crippen LogP contribution in [-0.2, 0) is 0 Å². The van der Waals surface area contributed by atoms with Crippen LogP contribution in [0.4, 0.5) is 0 Å². The molecule has 2 heteroatoms. The molecule has 0 spiro atoms. The van der Waals surface area contributed by atoms with E-state index in [1.54, 1.807) is 0 Å². The second-order valence-electron chi connectivity index (χ2n) is 3.90. The van der Waals surface area contributed by atoms with E-state index in [2.05, 4.69) is 25.9 Å². The average Bonchev–Trinajstić information content (AvgIpc) is 1.98. The molecule has 0 saturated heterocycles. The Labute approximate surface area is 69.3 Å². The lowest BCUT2D eigenvalue weighted by Crippen LogP contribution is -2.36. The molecule has 0 atom stereocenters. The maximum absolute atomic E-state index is 4.50. The largest absolute Gasteiger partial charge is 0.300 e. The molecule has 0 aromatic rings. The van der Waals surface area contributed by atoms with E-state index in [0.717, 1.165) is 6.54 Å². The third-order valence-corrected chi connectivity index (χ3v) is 2.52.